The van der Waals surface area contributed by atoms with Crippen molar-refractivity contribution in [3.8, 4) is 0 Å². The number of carbonyl (C=O) groups is 2. The Bertz CT molecular complexity index is 1940. The maximum absolute atomic E-state index is 14.1. The van der Waals surface area contributed by atoms with Gasteiger partial charge in [-0.15, -0.1) is 0 Å². The molecule has 1 aromatic carbocycles. The van der Waals surface area contributed by atoms with Crippen LogP contribution in [0.4, 0.5) is 0 Å². The van der Waals surface area contributed by atoms with Crippen LogP contribution in [0.15, 0.2) is 30.3 Å². The molecule has 354 valence electrons. The van der Waals surface area contributed by atoms with E-state index in [1.165, 1.54) is 57.8 Å². The van der Waals surface area contributed by atoms with E-state index in [1.54, 1.807) is 0 Å². The van der Waals surface area contributed by atoms with Gasteiger partial charge < -0.3 is 14.8 Å². The topological polar surface area (TPSA) is 102 Å². The third-order valence-electron chi connectivity index (χ3n) is 21.4. The Labute approximate surface area is 382 Å². The molecule has 1 aromatic rings. The second-order valence-corrected chi connectivity index (χ2v) is 27.2. The molecule has 0 amide bonds. The van der Waals surface area contributed by atoms with Crippen LogP contribution in [0.2, 0.25) is 0 Å². The fourth-order valence-corrected chi connectivity index (χ4v) is 18.2. The lowest BCUT2D eigenvalue weighted by Gasteiger charge is -2.73. The summed E-state index contributed by atoms with van der Waals surface area (Å²) in [6.45, 7) is 29.1. The van der Waals surface area contributed by atoms with Crippen molar-refractivity contribution in [3.63, 3.8) is 0 Å². The Morgan fingerprint density at radius 2 is 1.46 bits per heavy atom. The number of rotatable bonds is 12. The number of hydrogen-bond acceptors (Lipinski definition) is 8. The summed E-state index contributed by atoms with van der Waals surface area (Å²) in [7, 11) is -2.92. The van der Waals surface area contributed by atoms with Crippen LogP contribution in [0.25, 0.3) is 0 Å². The van der Waals surface area contributed by atoms with Gasteiger partial charge in [0.1, 0.15) is 12.7 Å². The summed E-state index contributed by atoms with van der Waals surface area (Å²) in [5.74, 6) is 3.99. The molecule has 14 atom stereocenters. The van der Waals surface area contributed by atoms with Gasteiger partial charge in [-0.3, -0.25) is 14.5 Å². The van der Waals surface area contributed by atoms with Crippen LogP contribution < -0.4 is 5.32 Å². The van der Waals surface area contributed by atoms with Gasteiger partial charge in [-0.25, -0.2) is 8.42 Å². The number of hydrogen-bond donors (Lipinski definition) is 1. The maximum atomic E-state index is 14.1. The van der Waals surface area contributed by atoms with Crippen molar-refractivity contribution in [1.82, 2.24) is 10.2 Å². The Hall–Kier alpha value is -1.97. The molecule has 0 aromatic heterocycles. The highest BCUT2D eigenvalue weighted by Gasteiger charge is 2.71. The number of nitrogens with one attached hydrogen (secondary N) is 1. The molecule has 7 aliphatic rings. The molecule has 0 spiro atoms. The lowest BCUT2D eigenvalue weighted by atomic mass is 9.32. The predicted molar refractivity (Wildman–Crippen MR) is 252 cm³/mol. The molecule has 63 heavy (non-hydrogen) atoms. The average Bonchev–Trinajstić information content (AvgIpc) is 3.61. The summed E-state index contributed by atoms with van der Waals surface area (Å²) in [5, 5.41) is 4.41. The van der Waals surface area contributed by atoms with Crippen LogP contribution in [-0.4, -0.2) is 74.1 Å². The van der Waals surface area contributed by atoms with Crippen molar-refractivity contribution < 1.29 is 27.5 Å². The van der Waals surface area contributed by atoms with E-state index in [0.717, 1.165) is 30.9 Å². The van der Waals surface area contributed by atoms with Gasteiger partial charge >= 0.3 is 11.9 Å². The summed E-state index contributed by atoms with van der Waals surface area (Å²) in [6, 6.07) is 10.1. The summed E-state index contributed by atoms with van der Waals surface area (Å²) in [5.41, 5.74) is 1.16. The van der Waals surface area contributed by atoms with Gasteiger partial charge in [0.15, 0.2) is 9.84 Å². The third-order valence-corrected chi connectivity index (χ3v) is 23.0. The van der Waals surface area contributed by atoms with Crippen LogP contribution in [-0.2, 0) is 35.5 Å². The van der Waals surface area contributed by atoms with Crippen molar-refractivity contribution in [2.75, 3.05) is 31.1 Å². The van der Waals surface area contributed by atoms with Crippen molar-refractivity contribution in [2.45, 2.75) is 178 Å². The van der Waals surface area contributed by atoms with E-state index in [-0.39, 0.29) is 75.2 Å². The van der Waals surface area contributed by atoms with Gasteiger partial charge in [0.05, 0.1) is 23.3 Å². The van der Waals surface area contributed by atoms with E-state index in [1.807, 2.05) is 44.2 Å². The van der Waals surface area contributed by atoms with Gasteiger partial charge in [-0.1, -0.05) is 113 Å². The van der Waals surface area contributed by atoms with Crippen molar-refractivity contribution in [1.29, 1.82) is 0 Å². The maximum Gasteiger partial charge on any atom is 0.309 e. The van der Waals surface area contributed by atoms with Crippen LogP contribution >= 0.6 is 0 Å². The molecule has 1 aliphatic heterocycles. The largest absolute Gasteiger partial charge is 0.462 e. The number of sulfone groups is 1. The first-order valence-corrected chi connectivity index (χ1v) is 27.5. The molecule has 1 saturated heterocycles. The monoisotopic (exact) mass is 891 g/mol. The van der Waals surface area contributed by atoms with Gasteiger partial charge in [0, 0.05) is 36.6 Å². The van der Waals surface area contributed by atoms with Gasteiger partial charge in [0.25, 0.3) is 0 Å². The fraction of sp³-hybridized carbons (Fsp3) is 0.852. The molecule has 1 unspecified atom stereocenters. The van der Waals surface area contributed by atoms with E-state index >= 15 is 0 Å². The van der Waals surface area contributed by atoms with E-state index in [0.29, 0.717) is 61.1 Å². The Balaban J connectivity index is 0.962. The zero-order chi connectivity index (χ0) is 45.5. The minimum Gasteiger partial charge on any atom is -0.462 e. The molecule has 0 bridgehead atoms. The molecule has 8 nitrogen and oxygen atoms in total. The molecule has 9 heteroatoms. The van der Waals surface area contributed by atoms with Gasteiger partial charge in [0.2, 0.25) is 0 Å². The number of ether oxygens (including phenoxy) is 2. The molecule has 1 N–H and O–H groups in total. The smallest absolute Gasteiger partial charge is 0.309 e. The second-order valence-electron chi connectivity index (χ2n) is 24.9. The molecule has 7 fully saturated rings. The molecule has 6 saturated carbocycles. The number of benzene rings is 1. The number of carbonyl (C=O) groups excluding carboxylic acids is 2. The van der Waals surface area contributed by atoms with Crippen molar-refractivity contribution in [2.24, 2.45) is 80.3 Å². The minimum atomic E-state index is -2.92. The van der Waals surface area contributed by atoms with Gasteiger partial charge in [-0.2, -0.15) is 0 Å². The summed E-state index contributed by atoms with van der Waals surface area (Å²) in [4.78, 5) is 29.8. The van der Waals surface area contributed by atoms with Crippen LogP contribution in [0.1, 0.15) is 159 Å². The average molecular weight is 891 g/mol. The molecule has 6 aliphatic carbocycles. The van der Waals surface area contributed by atoms with E-state index < -0.39 is 15.3 Å². The fourth-order valence-electron chi connectivity index (χ4n) is 17.0. The van der Waals surface area contributed by atoms with E-state index in [9.17, 15) is 18.0 Å². The van der Waals surface area contributed by atoms with Crippen LogP contribution in [0.3, 0.4) is 0 Å². The SMILES string of the molecule is CCC(C)[C@@H]1CC[C@]2(NC[C@H](C(C)C)N3CCS(=O)(=O)CC3)CC[C@]3(C)[C@H](CC[C@@H]4[C@@]5(C)CC[C@H](OC(=O)[C@H]6C[C@@H](C(=O)OCc7ccccc7)C6(C)C)C(C)(C)[C@@H]5CC[C@]43C)[C@@H]12. The number of fused-ring (bicyclic) bond motifs is 7. The summed E-state index contributed by atoms with van der Waals surface area (Å²) in [6.07, 6.45) is 13.7. The quantitative estimate of drug-likeness (QED) is 0.207. The molecular weight excluding hydrogens is 805 g/mol. The predicted octanol–water partition coefficient (Wildman–Crippen LogP) is 10.5. The number of nitrogens with zero attached hydrogens (tertiary/aromatic N) is 1. The first kappa shape index (κ1) is 47.5. The third kappa shape index (κ3) is 7.89. The molecular formula is C54H86N2O6S. The van der Waals surface area contributed by atoms with Gasteiger partial charge in [-0.05, 0) is 139 Å². The molecule has 0 radical (unpaired) electrons. The standard InChI is InChI=1S/C54H86N2O6S/c1-12-36(4)38-20-25-54(55-33-42(35(2)3)56-28-30-63(59,60)31-29-56)27-26-52(10)39(46(38)54)18-19-44-51(9)23-22-45(50(7,8)43(51)21-24-53(44,52)11)62-48(58)41-32-40(49(41,5)6)47(57)61-34-37-16-14-13-15-17-37/h13-17,35-36,38-46,55H,12,18-34H2,1-11H3/t36?,38-,39+,40-,41+,42+,43-,44+,45-,46+,51-,52+,53+,54-/m0/s1. The Morgan fingerprint density at radius 3 is 2.11 bits per heavy atom. The minimum absolute atomic E-state index is 0.126. The van der Waals surface area contributed by atoms with Crippen molar-refractivity contribution in [3.05, 3.63) is 35.9 Å². The second kappa shape index (κ2) is 17.0. The lowest BCUT2D eigenvalue weighted by molar-refractivity contribution is -0.249. The highest BCUT2D eigenvalue weighted by Crippen LogP contribution is 2.76. The molecule has 1 heterocycles. The zero-order valence-corrected chi connectivity index (χ0v) is 42.1. The lowest BCUT2D eigenvalue weighted by Crippen LogP contribution is -2.69. The highest BCUT2D eigenvalue weighted by atomic mass is 32.2. The summed E-state index contributed by atoms with van der Waals surface area (Å²) >= 11 is 0. The van der Waals surface area contributed by atoms with E-state index in [2.05, 4.69) is 72.5 Å². The first-order valence-electron chi connectivity index (χ1n) is 25.6. The molecule has 8 rings (SSSR count). The first-order chi connectivity index (χ1) is 29.5. The van der Waals surface area contributed by atoms with Crippen LogP contribution in [0, 0.1) is 80.3 Å². The zero-order valence-electron chi connectivity index (χ0n) is 41.3. The summed E-state index contributed by atoms with van der Waals surface area (Å²) < 4.78 is 37.2. The normalized spacial score (nSPS) is 42.3. The number of esters is 2. The highest BCUT2D eigenvalue weighted by molar-refractivity contribution is 7.91. The van der Waals surface area contributed by atoms with Crippen molar-refractivity contribution >= 4 is 21.8 Å². The Morgan fingerprint density at radius 1 is 0.778 bits per heavy atom. The Kier molecular flexibility index (Phi) is 12.8. The van der Waals surface area contributed by atoms with E-state index in [4.69, 9.17) is 9.47 Å². The van der Waals surface area contributed by atoms with Crippen LogP contribution in [0.5, 0.6) is 0 Å².